The van der Waals surface area contributed by atoms with Gasteiger partial charge in [-0.2, -0.15) is 0 Å². The average molecular weight is 280 g/mol. The molecule has 1 saturated heterocycles. The van der Waals surface area contributed by atoms with Gasteiger partial charge in [0.2, 0.25) is 0 Å². The summed E-state index contributed by atoms with van der Waals surface area (Å²) in [7, 11) is 0. The Hall–Kier alpha value is -1.30. The van der Waals surface area contributed by atoms with Crippen molar-refractivity contribution in [1.29, 1.82) is 0 Å². The van der Waals surface area contributed by atoms with E-state index in [9.17, 15) is 15.3 Å². The molecule has 0 radical (unpaired) electrons. The van der Waals surface area contributed by atoms with Crippen molar-refractivity contribution in [2.75, 3.05) is 32.8 Å². The molecule has 0 aromatic heterocycles. The van der Waals surface area contributed by atoms with Crippen LogP contribution in [0.2, 0.25) is 0 Å². The molecule has 1 aromatic rings. The summed E-state index contributed by atoms with van der Waals surface area (Å²) >= 11 is 0. The van der Waals surface area contributed by atoms with Crippen LogP contribution in [-0.4, -0.2) is 53.0 Å². The molecule has 0 amide bonds. The molecule has 0 saturated carbocycles. The maximum Gasteiger partial charge on any atom is 0.162 e. The van der Waals surface area contributed by atoms with Gasteiger partial charge in [0.15, 0.2) is 11.5 Å². The third-order valence-corrected chi connectivity index (χ3v) is 4.00. The Kier molecular flexibility index (Phi) is 4.52. The van der Waals surface area contributed by atoms with Crippen molar-refractivity contribution in [2.45, 2.75) is 19.9 Å². The number of aromatic hydroxyl groups is 2. The highest BCUT2D eigenvalue weighted by molar-refractivity contribution is 5.46. The topological polar surface area (TPSA) is 76.0 Å². The molecule has 5 nitrogen and oxygen atoms in total. The summed E-state index contributed by atoms with van der Waals surface area (Å²) in [5, 5.41) is 33.0. The first kappa shape index (κ1) is 15.1. The lowest BCUT2D eigenvalue weighted by Gasteiger charge is -2.43. The molecule has 4 N–H and O–H groups in total. The van der Waals surface area contributed by atoms with Gasteiger partial charge in [0.1, 0.15) is 0 Å². The summed E-state index contributed by atoms with van der Waals surface area (Å²) in [5.74, 6) is -0.200. The van der Waals surface area contributed by atoms with Crippen LogP contribution in [0.3, 0.4) is 0 Å². The van der Waals surface area contributed by atoms with Gasteiger partial charge in [-0.3, -0.25) is 4.90 Å². The van der Waals surface area contributed by atoms with E-state index in [1.54, 1.807) is 6.07 Å². The third-order valence-electron chi connectivity index (χ3n) is 4.00. The SMILES string of the molecule is CC(C)(CO)[C@@H](c1cccc(O)c1O)N1CCNCC1. The summed E-state index contributed by atoms with van der Waals surface area (Å²) in [6.45, 7) is 7.44. The van der Waals surface area contributed by atoms with Gasteiger partial charge in [-0.25, -0.2) is 0 Å². The van der Waals surface area contributed by atoms with Gasteiger partial charge in [0.05, 0.1) is 0 Å². The van der Waals surface area contributed by atoms with Crippen molar-refractivity contribution < 1.29 is 15.3 Å². The van der Waals surface area contributed by atoms with Gasteiger partial charge >= 0.3 is 0 Å². The second kappa shape index (κ2) is 5.99. The second-order valence-corrected chi connectivity index (χ2v) is 6.05. The van der Waals surface area contributed by atoms with Gasteiger partial charge in [-0.05, 0) is 6.07 Å². The number of rotatable bonds is 4. The summed E-state index contributed by atoms with van der Waals surface area (Å²) in [5.41, 5.74) is 0.258. The minimum absolute atomic E-state index is 0.0106. The molecule has 5 heteroatoms. The number of piperazine rings is 1. The van der Waals surface area contributed by atoms with Crippen LogP contribution in [0.1, 0.15) is 25.5 Å². The molecule has 1 atom stereocenters. The lowest BCUT2D eigenvalue weighted by atomic mass is 9.79. The minimum atomic E-state index is -0.414. The van der Waals surface area contributed by atoms with Crippen molar-refractivity contribution >= 4 is 0 Å². The molecule has 0 spiro atoms. The van der Waals surface area contributed by atoms with Crippen molar-refractivity contribution in [3.8, 4) is 11.5 Å². The van der Waals surface area contributed by atoms with Crippen molar-refractivity contribution in [2.24, 2.45) is 5.41 Å². The maximum absolute atomic E-state index is 10.2. The Morgan fingerprint density at radius 2 is 1.90 bits per heavy atom. The normalized spacial score (nSPS) is 18.9. The zero-order valence-corrected chi connectivity index (χ0v) is 12.1. The zero-order chi connectivity index (χ0) is 14.8. The number of phenolic OH excluding ortho intramolecular Hbond substituents is 2. The van der Waals surface area contributed by atoms with E-state index in [-0.39, 0.29) is 24.1 Å². The van der Waals surface area contributed by atoms with Crippen LogP contribution in [0.25, 0.3) is 0 Å². The van der Waals surface area contributed by atoms with Crippen molar-refractivity contribution in [1.82, 2.24) is 10.2 Å². The van der Waals surface area contributed by atoms with E-state index in [1.165, 1.54) is 6.07 Å². The summed E-state index contributed by atoms with van der Waals surface area (Å²) < 4.78 is 0. The Labute approximate surface area is 119 Å². The monoisotopic (exact) mass is 280 g/mol. The maximum atomic E-state index is 10.2. The number of hydrogen-bond donors (Lipinski definition) is 4. The van der Waals surface area contributed by atoms with E-state index in [0.717, 1.165) is 26.2 Å². The largest absolute Gasteiger partial charge is 0.504 e. The fourth-order valence-corrected chi connectivity index (χ4v) is 2.91. The number of phenols is 2. The Morgan fingerprint density at radius 3 is 2.50 bits per heavy atom. The second-order valence-electron chi connectivity index (χ2n) is 6.05. The predicted octanol–water partition coefficient (Wildman–Crippen LogP) is 1.06. The molecule has 0 bridgehead atoms. The Balaban J connectivity index is 2.42. The molecule has 0 unspecified atom stereocenters. The standard InChI is InChI=1S/C15H24N2O3/c1-15(2,10-18)14(17-8-6-16-7-9-17)11-4-3-5-12(19)13(11)20/h3-5,14,16,18-20H,6-10H2,1-2H3/t14-/m1/s1. The molecule has 20 heavy (non-hydrogen) atoms. The highest BCUT2D eigenvalue weighted by Crippen LogP contribution is 2.44. The fourth-order valence-electron chi connectivity index (χ4n) is 2.91. The van der Waals surface area contributed by atoms with Crippen molar-refractivity contribution in [3.05, 3.63) is 23.8 Å². The van der Waals surface area contributed by atoms with Crippen molar-refractivity contribution in [3.63, 3.8) is 0 Å². The molecular weight excluding hydrogens is 256 g/mol. The quantitative estimate of drug-likeness (QED) is 0.621. The van der Waals surface area contributed by atoms with Crippen LogP contribution >= 0.6 is 0 Å². The van der Waals surface area contributed by atoms with E-state index in [4.69, 9.17) is 0 Å². The average Bonchev–Trinajstić information content (AvgIpc) is 2.45. The molecule has 2 rings (SSSR count). The van der Waals surface area contributed by atoms with Crippen LogP contribution in [-0.2, 0) is 0 Å². The first-order chi connectivity index (χ1) is 9.47. The molecule has 1 aliphatic heterocycles. The Morgan fingerprint density at radius 1 is 1.25 bits per heavy atom. The number of hydrogen-bond acceptors (Lipinski definition) is 5. The van der Waals surface area contributed by atoms with Crippen LogP contribution in [0.15, 0.2) is 18.2 Å². The van der Waals surface area contributed by atoms with E-state index >= 15 is 0 Å². The number of para-hydroxylation sites is 1. The molecule has 0 aliphatic carbocycles. The van der Waals surface area contributed by atoms with Gasteiger partial charge in [-0.15, -0.1) is 0 Å². The van der Waals surface area contributed by atoms with Crippen LogP contribution in [0.4, 0.5) is 0 Å². The van der Waals surface area contributed by atoms with E-state index < -0.39 is 5.41 Å². The van der Waals surface area contributed by atoms with Gasteiger partial charge < -0.3 is 20.6 Å². The first-order valence-electron chi connectivity index (χ1n) is 7.04. The summed E-state index contributed by atoms with van der Waals surface area (Å²) in [6.07, 6.45) is 0. The number of benzene rings is 1. The van der Waals surface area contributed by atoms with Gasteiger partial charge in [0.25, 0.3) is 0 Å². The highest BCUT2D eigenvalue weighted by atomic mass is 16.3. The zero-order valence-electron chi connectivity index (χ0n) is 12.1. The summed E-state index contributed by atoms with van der Waals surface area (Å²) in [4.78, 5) is 2.25. The molecule has 1 aromatic carbocycles. The van der Waals surface area contributed by atoms with Gasteiger partial charge in [-0.1, -0.05) is 26.0 Å². The number of aliphatic hydroxyl groups excluding tert-OH is 1. The number of nitrogens with one attached hydrogen (secondary N) is 1. The molecule has 1 aliphatic rings. The van der Waals surface area contributed by atoms with Crippen LogP contribution in [0.5, 0.6) is 11.5 Å². The van der Waals surface area contributed by atoms with Gasteiger partial charge in [0, 0.05) is 49.8 Å². The third kappa shape index (κ3) is 2.90. The van der Waals surface area contributed by atoms with Crippen LogP contribution < -0.4 is 5.32 Å². The lowest BCUT2D eigenvalue weighted by molar-refractivity contribution is 0.0291. The highest BCUT2D eigenvalue weighted by Gasteiger charge is 2.37. The Bertz CT molecular complexity index is 456. The summed E-state index contributed by atoms with van der Waals surface area (Å²) in [6, 6.07) is 4.88. The smallest absolute Gasteiger partial charge is 0.162 e. The number of nitrogens with zero attached hydrogens (tertiary/aromatic N) is 1. The van der Waals surface area contributed by atoms with E-state index in [2.05, 4.69) is 10.2 Å². The molecule has 1 heterocycles. The predicted molar refractivity (Wildman–Crippen MR) is 77.8 cm³/mol. The first-order valence-corrected chi connectivity index (χ1v) is 7.04. The van der Waals surface area contributed by atoms with Crippen LogP contribution in [0, 0.1) is 5.41 Å². The molecule has 1 fully saturated rings. The lowest BCUT2D eigenvalue weighted by Crippen LogP contribution is -2.49. The molecule has 112 valence electrons. The number of aliphatic hydroxyl groups is 1. The van der Waals surface area contributed by atoms with E-state index in [1.807, 2.05) is 19.9 Å². The fraction of sp³-hybridized carbons (Fsp3) is 0.600. The van der Waals surface area contributed by atoms with E-state index in [0.29, 0.717) is 5.56 Å². The molecular formula is C15H24N2O3. The minimum Gasteiger partial charge on any atom is -0.504 e.